The quantitative estimate of drug-likeness (QED) is 0.518. The molecule has 2 aromatic heterocycles. The summed E-state index contributed by atoms with van der Waals surface area (Å²) >= 11 is 0. The fourth-order valence-corrected chi connectivity index (χ4v) is 2.46. The van der Waals surface area contributed by atoms with Gasteiger partial charge in [0.25, 0.3) is 0 Å². The third-order valence-electron chi connectivity index (χ3n) is 4.01. The number of hydrogen-bond donors (Lipinski definition) is 1. The fourth-order valence-electron chi connectivity index (χ4n) is 2.46. The van der Waals surface area contributed by atoms with Gasteiger partial charge >= 0.3 is 0 Å². The van der Waals surface area contributed by atoms with Crippen LogP contribution in [0, 0.1) is 6.92 Å². The molecule has 0 aromatic carbocycles. The van der Waals surface area contributed by atoms with Crippen molar-refractivity contribution in [3.63, 3.8) is 0 Å². The molecule has 1 N–H and O–H groups in total. The number of unbranched alkanes of at least 4 members (excludes halogenated alkanes) is 7. The number of hydrogen-bond acceptors (Lipinski definition) is 4. The van der Waals surface area contributed by atoms with Gasteiger partial charge in [0, 0.05) is 18.6 Å². The first kappa shape index (κ1) is 24.3. The Morgan fingerprint density at radius 2 is 1.35 bits per heavy atom. The van der Waals surface area contributed by atoms with E-state index in [1.807, 2.05) is 20.0 Å². The summed E-state index contributed by atoms with van der Waals surface area (Å²) in [7, 11) is 1.85. The number of fused-ring (bicyclic) bond motifs is 1. The molecule has 26 heavy (non-hydrogen) atoms. The van der Waals surface area contributed by atoms with E-state index in [-0.39, 0.29) is 0 Å². The third kappa shape index (κ3) is 11.0. The average molecular weight is 361 g/mol. The molecule has 0 aliphatic carbocycles. The van der Waals surface area contributed by atoms with Gasteiger partial charge in [0.05, 0.1) is 11.7 Å². The lowest BCUT2D eigenvalue weighted by Gasteiger charge is -2.04. The lowest BCUT2D eigenvalue weighted by atomic mass is 10.2. The number of nitrogens with one attached hydrogen (secondary N) is 1. The molecule has 4 nitrogen and oxygen atoms in total. The molecule has 0 saturated carbocycles. The molecule has 0 bridgehead atoms. The van der Waals surface area contributed by atoms with Crippen LogP contribution in [0.1, 0.15) is 91.3 Å². The highest BCUT2D eigenvalue weighted by atomic mass is 15.0. The van der Waals surface area contributed by atoms with Crippen LogP contribution in [-0.2, 0) is 0 Å². The minimum atomic E-state index is 0.754. The fraction of sp³-hybridized carbons (Fsp3) is 0.682. The molecule has 0 radical (unpaired) electrons. The van der Waals surface area contributed by atoms with Crippen LogP contribution in [-0.4, -0.2) is 22.0 Å². The van der Waals surface area contributed by atoms with E-state index in [1.54, 1.807) is 12.4 Å². The second-order valence-electron chi connectivity index (χ2n) is 6.53. The molecule has 148 valence electrons. The first-order chi connectivity index (χ1) is 12.6. The first-order valence-electron chi connectivity index (χ1n) is 10.4. The Morgan fingerprint density at radius 3 is 1.85 bits per heavy atom. The van der Waals surface area contributed by atoms with Gasteiger partial charge in [-0.1, -0.05) is 85.5 Å². The number of rotatable bonds is 8. The van der Waals surface area contributed by atoms with Crippen LogP contribution in [0.5, 0.6) is 0 Å². The largest absolute Gasteiger partial charge is 0.373 e. The topological polar surface area (TPSA) is 50.7 Å². The molecule has 0 unspecified atom stereocenters. The SMILES string of the molecule is CCCCCC.CCCCCCC.CNc1nc(C)nc2cnccc12. The zero-order valence-corrected chi connectivity index (χ0v) is 17.9. The highest BCUT2D eigenvalue weighted by molar-refractivity contribution is 5.88. The lowest BCUT2D eigenvalue weighted by molar-refractivity contribution is 0.656. The minimum absolute atomic E-state index is 0.754. The molecule has 2 rings (SSSR count). The van der Waals surface area contributed by atoms with Gasteiger partial charge in [0.1, 0.15) is 11.6 Å². The van der Waals surface area contributed by atoms with Crippen molar-refractivity contribution in [3.05, 3.63) is 24.3 Å². The van der Waals surface area contributed by atoms with Gasteiger partial charge in [0.2, 0.25) is 0 Å². The summed E-state index contributed by atoms with van der Waals surface area (Å²) in [5, 5.41) is 4.03. The summed E-state index contributed by atoms with van der Waals surface area (Å²) in [4.78, 5) is 12.6. The van der Waals surface area contributed by atoms with Crippen molar-refractivity contribution in [2.24, 2.45) is 0 Å². The van der Waals surface area contributed by atoms with E-state index in [0.717, 1.165) is 22.5 Å². The lowest BCUT2D eigenvalue weighted by Crippen LogP contribution is -1.98. The van der Waals surface area contributed by atoms with Crippen molar-refractivity contribution >= 4 is 16.7 Å². The summed E-state index contributed by atoms with van der Waals surface area (Å²) in [6.07, 6.45) is 16.0. The van der Waals surface area contributed by atoms with E-state index in [9.17, 15) is 0 Å². The van der Waals surface area contributed by atoms with Crippen LogP contribution < -0.4 is 5.32 Å². The molecule has 0 amide bonds. The molecule has 0 atom stereocenters. The molecule has 0 aliphatic rings. The maximum absolute atomic E-state index is 4.27. The number of nitrogens with zero attached hydrogens (tertiary/aromatic N) is 3. The van der Waals surface area contributed by atoms with Crippen LogP contribution in [0.4, 0.5) is 5.82 Å². The average Bonchev–Trinajstić information content (AvgIpc) is 2.67. The standard InChI is InChI=1S/C9H10N4.C7H16.C6H14/c1-6-12-8-5-11-4-3-7(8)9(10-2)13-6;1-3-5-7-6-4-2;1-3-5-6-4-2/h3-5H,1-2H3,(H,10,12,13);3-7H2,1-2H3;3-6H2,1-2H3. The molecule has 0 saturated heterocycles. The maximum atomic E-state index is 4.27. The zero-order chi connectivity index (χ0) is 19.6. The predicted octanol–water partition coefficient (Wildman–Crippen LogP) is 6.94. The third-order valence-corrected chi connectivity index (χ3v) is 4.01. The molecule has 4 heteroatoms. The minimum Gasteiger partial charge on any atom is -0.373 e. The van der Waals surface area contributed by atoms with Crippen molar-refractivity contribution in [2.45, 2.75) is 92.4 Å². The van der Waals surface area contributed by atoms with Gasteiger partial charge in [-0.15, -0.1) is 0 Å². The highest BCUT2D eigenvalue weighted by Gasteiger charge is 2.02. The second-order valence-corrected chi connectivity index (χ2v) is 6.53. The Hall–Kier alpha value is -1.71. The van der Waals surface area contributed by atoms with Crippen LogP contribution in [0.3, 0.4) is 0 Å². The highest BCUT2D eigenvalue weighted by Crippen LogP contribution is 2.17. The summed E-state index contributed by atoms with van der Waals surface area (Å²) in [5.74, 6) is 1.61. The van der Waals surface area contributed by atoms with Gasteiger partial charge in [-0.2, -0.15) is 0 Å². The van der Waals surface area contributed by atoms with Gasteiger partial charge in [0.15, 0.2) is 0 Å². The van der Waals surface area contributed by atoms with Crippen molar-refractivity contribution in [3.8, 4) is 0 Å². The molecule has 0 fully saturated rings. The van der Waals surface area contributed by atoms with E-state index in [4.69, 9.17) is 0 Å². The van der Waals surface area contributed by atoms with E-state index in [1.165, 1.54) is 57.8 Å². The Labute approximate surface area is 161 Å². The monoisotopic (exact) mass is 360 g/mol. The van der Waals surface area contributed by atoms with E-state index in [2.05, 4.69) is 48.0 Å². The Kier molecular flexibility index (Phi) is 15.6. The normalized spacial score (nSPS) is 9.77. The Morgan fingerprint density at radius 1 is 0.808 bits per heavy atom. The van der Waals surface area contributed by atoms with E-state index >= 15 is 0 Å². The molecule has 0 aliphatic heterocycles. The Bertz CT molecular complexity index is 561. The number of aromatic nitrogens is 3. The van der Waals surface area contributed by atoms with Crippen molar-refractivity contribution in [1.29, 1.82) is 0 Å². The maximum Gasteiger partial charge on any atom is 0.137 e. The second kappa shape index (κ2) is 16.7. The van der Waals surface area contributed by atoms with Crippen molar-refractivity contribution < 1.29 is 0 Å². The summed E-state index contributed by atoms with van der Waals surface area (Å²) in [6, 6.07) is 1.90. The van der Waals surface area contributed by atoms with E-state index in [0.29, 0.717) is 0 Å². The molecular weight excluding hydrogens is 320 g/mol. The van der Waals surface area contributed by atoms with Crippen molar-refractivity contribution in [1.82, 2.24) is 15.0 Å². The molecule has 0 spiro atoms. The number of anilines is 1. The smallest absolute Gasteiger partial charge is 0.137 e. The number of aryl methyl sites for hydroxylation is 1. The summed E-state index contributed by atoms with van der Waals surface area (Å²) in [5.41, 5.74) is 0.874. The van der Waals surface area contributed by atoms with Gasteiger partial charge < -0.3 is 5.32 Å². The van der Waals surface area contributed by atoms with Gasteiger partial charge in [-0.3, -0.25) is 4.98 Å². The summed E-state index contributed by atoms with van der Waals surface area (Å²) in [6.45, 7) is 10.8. The van der Waals surface area contributed by atoms with Crippen LogP contribution in [0.25, 0.3) is 10.9 Å². The van der Waals surface area contributed by atoms with Crippen LogP contribution in [0.15, 0.2) is 18.5 Å². The Balaban J connectivity index is 0.000000411. The zero-order valence-electron chi connectivity index (χ0n) is 17.9. The first-order valence-corrected chi connectivity index (χ1v) is 10.4. The van der Waals surface area contributed by atoms with Gasteiger partial charge in [-0.05, 0) is 13.0 Å². The predicted molar refractivity (Wildman–Crippen MR) is 116 cm³/mol. The molecule has 2 aromatic rings. The van der Waals surface area contributed by atoms with Gasteiger partial charge in [-0.25, -0.2) is 9.97 Å². The van der Waals surface area contributed by atoms with E-state index < -0.39 is 0 Å². The van der Waals surface area contributed by atoms with Crippen LogP contribution in [0.2, 0.25) is 0 Å². The number of pyridine rings is 1. The summed E-state index contributed by atoms with van der Waals surface area (Å²) < 4.78 is 0. The van der Waals surface area contributed by atoms with Crippen LogP contribution >= 0.6 is 0 Å². The molecular formula is C22H40N4. The molecule has 2 heterocycles. The van der Waals surface area contributed by atoms with Crippen molar-refractivity contribution in [2.75, 3.05) is 12.4 Å².